The van der Waals surface area contributed by atoms with Gasteiger partial charge in [0.05, 0.1) is 20.4 Å². The zero-order valence-electron chi connectivity index (χ0n) is 16.2. The van der Waals surface area contributed by atoms with Crippen molar-refractivity contribution >= 4 is 0 Å². The van der Waals surface area contributed by atoms with Crippen molar-refractivity contribution in [3.05, 3.63) is 69.3 Å². The number of benzene rings is 1. The first-order valence-corrected chi connectivity index (χ1v) is 9.23. The van der Waals surface area contributed by atoms with Crippen molar-refractivity contribution in [3.8, 4) is 17.6 Å². The SMILES string of the molecule is COc1ccnc(-n2ncc3c(c2=O)CCC(c2cccc(OC)c2C)C3)n1. The Morgan fingerprint density at radius 2 is 2.04 bits per heavy atom. The van der Waals surface area contributed by atoms with Gasteiger partial charge >= 0.3 is 0 Å². The van der Waals surface area contributed by atoms with Crippen LogP contribution in [0, 0.1) is 6.92 Å². The lowest BCUT2D eigenvalue weighted by atomic mass is 9.79. The lowest BCUT2D eigenvalue weighted by Gasteiger charge is -2.26. The third-order valence-electron chi connectivity index (χ3n) is 5.38. The Labute approximate surface area is 163 Å². The monoisotopic (exact) mass is 378 g/mol. The molecular formula is C21H22N4O3. The van der Waals surface area contributed by atoms with E-state index in [0.717, 1.165) is 35.3 Å². The van der Waals surface area contributed by atoms with Crippen LogP contribution in [0.5, 0.6) is 11.6 Å². The van der Waals surface area contributed by atoms with Crippen LogP contribution in [0.4, 0.5) is 0 Å². The average Bonchev–Trinajstić information content (AvgIpc) is 2.74. The Hall–Kier alpha value is -3.22. The Morgan fingerprint density at radius 3 is 2.82 bits per heavy atom. The van der Waals surface area contributed by atoms with Crippen LogP contribution in [-0.2, 0) is 12.8 Å². The molecule has 1 atom stereocenters. The van der Waals surface area contributed by atoms with Gasteiger partial charge in [-0.15, -0.1) is 0 Å². The Morgan fingerprint density at radius 1 is 1.18 bits per heavy atom. The molecule has 7 heteroatoms. The molecule has 1 aliphatic rings. The average molecular weight is 378 g/mol. The second kappa shape index (κ2) is 7.42. The van der Waals surface area contributed by atoms with Crippen LogP contribution in [0.25, 0.3) is 5.95 Å². The fourth-order valence-corrected chi connectivity index (χ4v) is 3.90. The topological polar surface area (TPSA) is 79.1 Å². The van der Waals surface area contributed by atoms with Crippen molar-refractivity contribution < 1.29 is 9.47 Å². The highest BCUT2D eigenvalue weighted by atomic mass is 16.5. The van der Waals surface area contributed by atoms with Crippen molar-refractivity contribution in [2.75, 3.05) is 14.2 Å². The van der Waals surface area contributed by atoms with Gasteiger partial charge in [0.15, 0.2) is 0 Å². The summed E-state index contributed by atoms with van der Waals surface area (Å²) in [5.41, 5.74) is 4.04. The lowest BCUT2D eigenvalue weighted by Crippen LogP contribution is -2.30. The third-order valence-corrected chi connectivity index (χ3v) is 5.38. The normalized spacial score (nSPS) is 15.8. The summed E-state index contributed by atoms with van der Waals surface area (Å²) in [6.45, 7) is 2.08. The molecule has 1 aromatic carbocycles. The van der Waals surface area contributed by atoms with Crippen molar-refractivity contribution in [1.29, 1.82) is 0 Å². The maximum atomic E-state index is 13.0. The van der Waals surface area contributed by atoms with E-state index >= 15 is 0 Å². The van der Waals surface area contributed by atoms with Crippen LogP contribution in [0.1, 0.15) is 34.6 Å². The summed E-state index contributed by atoms with van der Waals surface area (Å²) in [6, 6.07) is 7.78. The van der Waals surface area contributed by atoms with Gasteiger partial charge in [-0.05, 0) is 54.9 Å². The molecule has 0 radical (unpaired) electrons. The minimum absolute atomic E-state index is 0.161. The molecular weight excluding hydrogens is 356 g/mol. The van der Waals surface area contributed by atoms with Gasteiger partial charge in [0.2, 0.25) is 5.88 Å². The van der Waals surface area contributed by atoms with E-state index in [1.54, 1.807) is 25.6 Å². The van der Waals surface area contributed by atoms with Crippen LogP contribution >= 0.6 is 0 Å². The standard InChI is InChI=1S/C21H22N4O3/c1-13-16(5-4-6-18(13)27-2)14-7-8-17-15(11-14)12-23-25(20(17)26)21-22-10-9-19(24-21)28-3/h4-6,9-10,12,14H,7-8,11H2,1-3H3. The van der Waals surface area contributed by atoms with Crippen molar-refractivity contribution in [2.24, 2.45) is 0 Å². The maximum Gasteiger partial charge on any atom is 0.277 e. The van der Waals surface area contributed by atoms with E-state index in [-0.39, 0.29) is 11.5 Å². The van der Waals surface area contributed by atoms with Crippen molar-refractivity contribution in [2.45, 2.75) is 32.1 Å². The summed E-state index contributed by atoms with van der Waals surface area (Å²) < 4.78 is 11.8. The van der Waals surface area contributed by atoms with Gasteiger partial charge in [-0.1, -0.05) is 12.1 Å². The summed E-state index contributed by atoms with van der Waals surface area (Å²) in [5, 5.41) is 4.32. The zero-order valence-corrected chi connectivity index (χ0v) is 16.2. The number of ether oxygens (including phenoxy) is 2. The summed E-state index contributed by atoms with van der Waals surface area (Å²) in [7, 11) is 3.21. The number of hydrogen-bond donors (Lipinski definition) is 0. The van der Waals surface area contributed by atoms with E-state index in [0.29, 0.717) is 18.2 Å². The van der Waals surface area contributed by atoms with E-state index in [4.69, 9.17) is 9.47 Å². The molecule has 4 rings (SSSR count). The van der Waals surface area contributed by atoms with E-state index in [1.165, 1.54) is 17.4 Å². The number of fused-ring (bicyclic) bond motifs is 1. The van der Waals surface area contributed by atoms with Gasteiger partial charge in [-0.3, -0.25) is 4.79 Å². The molecule has 2 aromatic heterocycles. The lowest BCUT2D eigenvalue weighted by molar-refractivity contribution is 0.395. The highest BCUT2D eigenvalue weighted by Crippen LogP contribution is 2.35. The molecule has 0 bridgehead atoms. The molecule has 2 heterocycles. The van der Waals surface area contributed by atoms with E-state index < -0.39 is 0 Å². The largest absolute Gasteiger partial charge is 0.496 e. The summed E-state index contributed by atoms with van der Waals surface area (Å²) >= 11 is 0. The number of hydrogen-bond acceptors (Lipinski definition) is 6. The molecule has 0 spiro atoms. The predicted octanol–water partition coefficient (Wildman–Crippen LogP) is 2.62. The molecule has 28 heavy (non-hydrogen) atoms. The molecule has 0 saturated heterocycles. The third kappa shape index (κ3) is 3.13. The van der Waals surface area contributed by atoms with E-state index in [1.807, 2.05) is 12.1 Å². The minimum atomic E-state index is -0.161. The second-order valence-corrected chi connectivity index (χ2v) is 6.88. The van der Waals surface area contributed by atoms with Crippen molar-refractivity contribution in [3.63, 3.8) is 0 Å². The van der Waals surface area contributed by atoms with E-state index in [9.17, 15) is 4.79 Å². The first-order valence-electron chi connectivity index (χ1n) is 9.23. The van der Waals surface area contributed by atoms with Crippen LogP contribution in [0.15, 0.2) is 41.5 Å². The molecule has 0 amide bonds. The molecule has 1 aliphatic carbocycles. The molecule has 0 fully saturated rings. The highest BCUT2D eigenvalue weighted by molar-refractivity contribution is 5.43. The molecule has 7 nitrogen and oxygen atoms in total. The number of rotatable bonds is 4. The molecule has 0 saturated carbocycles. The molecule has 3 aromatic rings. The van der Waals surface area contributed by atoms with Gasteiger partial charge in [-0.2, -0.15) is 14.8 Å². The Balaban J connectivity index is 1.68. The van der Waals surface area contributed by atoms with Gasteiger partial charge in [0.25, 0.3) is 11.5 Å². The second-order valence-electron chi connectivity index (χ2n) is 6.88. The molecule has 1 unspecified atom stereocenters. The molecule has 0 aliphatic heterocycles. The van der Waals surface area contributed by atoms with Gasteiger partial charge in [0.1, 0.15) is 5.75 Å². The van der Waals surface area contributed by atoms with Gasteiger partial charge < -0.3 is 9.47 Å². The minimum Gasteiger partial charge on any atom is -0.496 e. The fourth-order valence-electron chi connectivity index (χ4n) is 3.90. The van der Waals surface area contributed by atoms with Crippen molar-refractivity contribution in [1.82, 2.24) is 19.7 Å². The summed E-state index contributed by atoms with van der Waals surface area (Å²) in [6.07, 6.45) is 5.70. The van der Waals surface area contributed by atoms with Crippen LogP contribution in [-0.4, -0.2) is 34.0 Å². The van der Waals surface area contributed by atoms with Gasteiger partial charge in [-0.25, -0.2) is 4.98 Å². The van der Waals surface area contributed by atoms with Crippen LogP contribution in [0.2, 0.25) is 0 Å². The van der Waals surface area contributed by atoms with Gasteiger partial charge in [0, 0.05) is 17.8 Å². The summed E-state index contributed by atoms with van der Waals surface area (Å²) in [4.78, 5) is 21.4. The number of methoxy groups -OCH3 is 2. The fraction of sp³-hybridized carbons (Fsp3) is 0.333. The first kappa shape index (κ1) is 18.2. The molecule has 144 valence electrons. The van der Waals surface area contributed by atoms with E-state index in [2.05, 4.69) is 28.1 Å². The van der Waals surface area contributed by atoms with Crippen LogP contribution in [0.3, 0.4) is 0 Å². The maximum absolute atomic E-state index is 13.0. The number of aromatic nitrogens is 4. The van der Waals surface area contributed by atoms with Crippen LogP contribution < -0.4 is 15.0 Å². The summed E-state index contributed by atoms with van der Waals surface area (Å²) in [5.74, 6) is 1.85. The Kier molecular flexibility index (Phi) is 4.81. The Bertz CT molecular complexity index is 1080. The smallest absolute Gasteiger partial charge is 0.277 e. The zero-order chi connectivity index (χ0) is 19.7. The predicted molar refractivity (Wildman–Crippen MR) is 104 cm³/mol. The first-order chi connectivity index (χ1) is 13.6. The number of nitrogens with zero attached hydrogens (tertiary/aromatic N) is 4. The molecule has 0 N–H and O–H groups in total. The highest BCUT2D eigenvalue weighted by Gasteiger charge is 2.25. The quantitative estimate of drug-likeness (QED) is 0.694.